The summed E-state index contributed by atoms with van der Waals surface area (Å²) >= 11 is 11.6. The Kier molecular flexibility index (Phi) is 4.33. The van der Waals surface area contributed by atoms with Gasteiger partial charge in [-0.15, -0.1) is 0 Å². The summed E-state index contributed by atoms with van der Waals surface area (Å²) < 4.78 is 0. The van der Waals surface area contributed by atoms with Gasteiger partial charge in [0.05, 0.1) is 16.5 Å². The minimum atomic E-state index is -0.353. The maximum absolute atomic E-state index is 11.4. The average Bonchev–Trinajstić information content (AvgIpc) is 2.12. The van der Waals surface area contributed by atoms with Crippen molar-refractivity contribution in [2.75, 3.05) is 5.32 Å². The highest BCUT2D eigenvalue weighted by molar-refractivity contribution is 6.42. The molecule has 0 unspecified atom stereocenters. The van der Waals surface area contributed by atoms with Crippen LogP contribution < -0.4 is 5.32 Å². The van der Waals surface area contributed by atoms with Crippen LogP contribution in [0.1, 0.15) is 18.9 Å². The van der Waals surface area contributed by atoms with Crippen LogP contribution in [0, 0.1) is 6.92 Å². The highest BCUT2D eigenvalue weighted by Crippen LogP contribution is 2.28. The van der Waals surface area contributed by atoms with Gasteiger partial charge in [0.2, 0.25) is 5.91 Å². The molecular formula is C11H11Cl2NO2. The summed E-state index contributed by atoms with van der Waals surface area (Å²) in [5.74, 6) is -0.538. The molecule has 0 aliphatic rings. The van der Waals surface area contributed by atoms with Crippen LogP contribution in [0.5, 0.6) is 0 Å². The Labute approximate surface area is 104 Å². The number of amides is 1. The molecule has 0 aliphatic heterocycles. The summed E-state index contributed by atoms with van der Waals surface area (Å²) in [5, 5.41) is 3.41. The molecule has 16 heavy (non-hydrogen) atoms. The molecule has 86 valence electrons. The first-order valence-corrected chi connectivity index (χ1v) is 5.40. The largest absolute Gasteiger partial charge is 0.325 e. The van der Waals surface area contributed by atoms with Gasteiger partial charge in [-0.1, -0.05) is 23.2 Å². The van der Waals surface area contributed by atoms with Crippen LogP contribution in [-0.2, 0) is 9.59 Å². The second-order valence-corrected chi connectivity index (χ2v) is 4.32. The molecule has 0 aliphatic carbocycles. The number of hydrogen-bond acceptors (Lipinski definition) is 2. The molecule has 0 radical (unpaired) electrons. The van der Waals surface area contributed by atoms with E-state index >= 15 is 0 Å². The van der Waals surface area contributed by atoms with Crippen LogP contribution >= 0.6 is 23.2 Å². The Hall–Kier alpha value is -1.06. The number of aryl methyl sites for hydroxylation is 1. The second kappa shape index (κ2) is 5.32. The van der Waals surface area contributed by atoms with E-state index in [1.54, 1.807) is 19.1 Å². The first kappa shape index (κ1) is 13.0. The first-order chi connectivity index (χ1) is 7.40. The van der Waals surface area contributed by atoms with E-state index in [1.165, 1.54) is 6.92 Å². The van der Waals surface area contributed by atoms with Gasteiger partial charge in [-0.2, -0.15) is 0 Å². The standard InChI is InChI=1S/C11H11Cl2NO2/c1-6-3-8(12)9(13)5-10(6)14-11(16)4-7(2)15/h3,5H,4H2,1-2H3,(H,14,16). The third-order valence-electron chi connectivity index (χ3n) is 1.95. The van der Waals surface area contributed by atoms with Gasteiger partial charge in [-0.05, 0) is 31.5 Å². The Morgan fingerprint density at radius 3 is 2.38 bits per heavy atom. The van der Waals surface area contributed by atoms with Crippen molar-refractivity contribution in [3.63, 3.8) is 0 Å². The lowest BCUT2D eigenvalue weighted by Crippen LogP contribution is -2.15. The minimum absolute atomic E-state index is 0.139. The number of ketones is 1. The molecule has 1 N–H and O–H groups in total. The van der Waals surface area contributed by atoms with Crippen LogP contribution in [0.25, 0.3) is 0 Å². The summed E-state index contributed by atoms with van der Waals surface area (Å²) in [6.07, 6.45) is -0.139. The molecule has 0 heterocycles. The lowest BCUT2D eigenvalue weighted by molar-refractivity contribution is -0.124. The zero-order chi connectivity index (χ0) is 12.3. The Balaban J connectivity index is 2.85. The maximum Gasteiger partial charge on any atom is 0.231 e. The van der Waals surface area contributed by atoms with Gasteiger partial charge < -0.3 is 5.32 Å². The van der Waals surface area contributed by atoms with Crippen LogP contribution in [-0.4, -0.2) is 11.7 Å². The zero-order valence-electron chi connectivity index (χ0n) is 8.93. The van der Waals surface area contributed by atoms with Crippen molar-refractivity contribution in [2.45, 2.75) is 20.3 Å². The number of anilines is 1. The molecule has 5 heteroatoms. The number of carbonyl (C=O) groups excluding carboxylic acids is 2. The fourth-order valence-corrected chi connectivity index (χ4v) is 1.58. The monoisotopic (exact) mass is 259 g/mol. The third-order valence-corrected chi connectivity index (χ3v) is 2.67. The second-order valence-electron chi connectivity index (χ2n) is 3.51. The van der Waals surface area contributed by atoms with Gasteiger partial charge in [-0.3, -0.25) is 9.59 Å². The van der Waals surface area contributed by atoms with Gasteiger partial charge >= 0.3 is 0 Å². The summed E-state index contributed by atoms with van der Waals surface area (Å²) in [5.41, 5.74) is 1.37. The van der Waals surface area contributed by atoms with E-state index in [0.29, 0.717) is 15.7 Å². The maximum atomic E-state index is 11.4. The number of carbonyl (C=O) groups is 2. The molecule has 1 amide bonds. The van der Waals surface area contributed by atoms with Crippen LogP contribution in [0.4, 0.5) is 5.69 Å². The van der Waals surface area contributed by atoms with E-state index < -0.39 is 0 Å². The van der Waals surface area contributed by atoms with Crippen LogP contribution in [0.3, 0.4) is 0 Å². The molecule has 1 aromatic rings. The normalized spacial score (nSPS) is 10.0. The summed E-state index contributed by atoms with van der Waals surface area (Å²) in [6, 6.07) is 3.23. The number of rotatable bonds is 3. The Bertz CT molecular complexity index is 444. The molecule has 3 nitrogen and oxygen atoms in total. The van der Waals surface area contributed by atoms with E-state index in [1.807, 2.05) is 0 Å². The summed E-state index contributed by atoms with van der Waals surface area (Å²) in [4.78, 5) is 22.1. The van der Waals surface area contributed by atoms with Crippen molar-refractivity contribution in [1.29, 1.82) is 0 Å². The third kappa shape index (κ3) is 3.51. The van der Waals surface area contributed by atoms with E-state index in [2.05, 4.69) is 5.32 Å². The minimum Gasteiger partial charge on any atom is -0.325 e. The molecule has 1 aromatic carbocycles. The molecular weight excluding hydrogens is 249 g/mol. The predicted molar refractivity (Wildman–Crippen MR) is 65.1 cm³/mol. The van der Waals surface area contributed by atoms with Crippen molar-refractivity contribution in [2.24, 2.45) is 0 Å². The Morgan fingerprint density at radius 2 is 1.81 bits per heavy atom. The zero-order valence-corrected chi connectivity index (χ0v) is 10.4. The van der Waals surface area contributed by atoms with Crippen molar-refractivity contribution in [3.05, 3.63) is 27.7 Å². The van der Waals surface area contributed by atoms with Gasteiger partial charge in [0.15, 0.2) is 0 Å². The highest BCUT2D eigenvalue weighted by atomic mass is 35.5. The highest BCUT2D eigenvalue weighted by Gasteiger charge is 2.09. The topological polar surface area (TPSA) is 46.2 Å². The van der Waals surface area contributed by atoms with Gasteiger partial charge in [0, 0.05) is 5.69 Å². The van der Waals surface area contributed by atoms with E-state index in [-0.39, 0.29) is 18.1 Å². The average molecular weight is 260 g/mol. The number of hydrogen-bond donors (Lipinski definition) is 1. The molecule has 0 fully saturated rings. The smallest absolute Gasteiger partial charge is 0.231 e. The quantitative estimate of drug-likeness (QED) is 0.848. The molecule has 0 atom stereocenters. The lowest BCUT2D eigenvalue weighted by Gasteiger charge is -2.09. The van der Waals surface area contributed by atoms with Gasteiger partial charge in [0.1, 0.15) is 5.78 Å². The Morgan fingerprint density at radius 1 is 1.25 bits per heavy atom. The molecule has 0 saturated carbocycles. The lowest BCUT2D eigenvalue weighted by atomic mass is 10.2. The van der Waals surface area contributed by atoms with E-state index in [0.717, 1.165) is 5.56 Å². The van der Waals surface area contributed by atoms with Crippen molar-refractivity contribution in [3.8, 4) is 0 Å². The molecule has 0 saturated heterocycles. The fraction of sp³-hybridized carbons (Fsp3) is 0.273. The summed E-state index contributed by atoms with van der Waals surface area (Å²) in [6.45, 7) is 3.16. The number of Topliss-reactive ketones (excluding diaryl/α,β-unsaturated/α-hetero) is 1. The fourth-order valence-electron chi connectivity index (χ4n) is 1.20. The predicted octanol–water partition coefficient (Wildman–Crippen LogP) is 3.22. The van der Waals surface area contributed by atoms with Crippen molar-refractivity contribution < 1.29 is 9.59 Å². The molecule has 0 bridgehead atoms. The van der Waals surface area contributed by atoms with Crippen LogP contribution in [0.15, 0.2) is 12.1 Å². The molecule has 1 rings (SSSR count). The van der Waals surface area contributed by atoms with Gasteiger partial charge in [0.25, 0.3) is 0 Å². The molecule has 0 aromatic heterocycles. The van der Waals surface area contributed by atoms with Crippen molar-refractivity contribution >= 4 is 40.6 Å². The number of benzene rings is 1. The summed E-state index contributed by atoms with van der Waals surface area (Å²) in [7, 11) is 0. The van der Waals surface area contributed by atoms with Gasteiger partial charge in [-0.25, -0.2) is 0 Å². The number of halogens is 2. The molecule has 0 spiro atoms. The van der Waals surface area contributed by atoms with E-state index in [9.17, 15) is 9.59 Å². The number of nitrogens with one attached hydrogen (secondary N) is 1. The van der Waals surface area contributed by atoms with Crippen LogP contribution in [0.2, 0.25) is 10.0 Å². The van der Waals surface area contributed by atoms with E-state index in [4.69, 9.17) is 23.2 Å². The first-order valence-electron chi connectivity index (χ1n) is 4.65. The SMILES string of the molecule is CC(=O)CC(=O)Nc1cc(Cl)c(Cl)cc1C. The van der Waals surface area contributed by atoms with Crippen molar-refractivity contribution in [1.82, 2.24) is 0 Å².